The first-order chi connectivity index (χ1) is 14.2. The Bertz CT molecular complexity index is 1150. The average Bonchev–Trinajstić information content (AvgIpc) is 2.71. The monoisotopic (exact) mass is 416 g/mol. The van der Waals surface area contributed by atoms with Gasteiger partial charge in [-0.15, -0.1) is 0 Å². The van der Waals surface area contributed by atoms with Crippen molar-refractivity contribution in [3.8, 4) is 0 Å². The fraction of sp³-hybridized carbons (Fsp3) is 0.227. The number of halogens is 3. The third-order valence-electron chi connectivity index (χ3n) is 4.78. The summed E-state index contributed by atoms with van der Waals surface area (Å²) in [5.41, 5.74) is 2.51. The molecule has 1 unspecified atom stereocenters. The highest BCUT2D eigenvalue weighted by Crippen LogP contribution is 2.23. The number of para-hydroxylation sites is 1. The van der Waals surface area contributed by atoms with Gasteiger partial charge in [-0.05, 0) is 50.1 Å². The van der Waals surface area contributed by atoms with Crippen LogP contribution in [-0.2, 0) is 20.7 Å². The highest BCUT2D eigenvalue weighted by molar-refractivity contribution is 5.95. The molecule has 0 bridgehead atoms. The number of benzene rings is 2. The Morgan fingerprint density at radius 1 is 1.07 bits per heavy atom. The van der Waals surface area contributed by atoms with Gasteiger partial charge in [-0.25, -0.2) is 13.2 Å². The Balaban J connectivity index is 1.70. The van der Waals surface area contributed by atoms with Crippen LogP contribution in [0.15, 0.2) is 36.4 Å². The van der Waals surface area contributed by atoms with Crippen molar-refractivity contribution in [1.82, 2.24) is 4.98 Å². The molecule has 8 heteroatoms. The fourth-order valence-corrected chi connectivity index (χ4v) is 3.12. The second-order valence-electron chi connectivity index (χ2n) is 6.84. The molecule has 0 spiro atoms. The quantitative estimate of drug-likeness (QED) is 0.495. The molecule has 0 aliphatic carbocycles. The van der Waals surface area contributed by atoms with Gasteiger partial charge in [0.05, 0.1) is 17.6 Å². The van der Waals surface area contributed by atoms with Gasteiger partial charge in [-0.2, -0.15) is 0 Å². The molecule has 0 aliphatic rings. The second-order valence-corrected chi connectivity index (χ2v) is 6.84. The molecule has 3 rings (SSSR count). The first-order valence-electron chi connectivity index (χ1n) is 9.17. The van der Waals surface area contributed by atoms with Gasteiger partial charge in [0.1, 0.15) is 0 Å². The van der Waals surface area contributed by atoms with Crippen molar-refractivity contribution in [3.05, 3.63) is 70.7 Å². The third kappa shape index (κ3) is 4.27. The number of nitrogens with one attached hydrogen (secondary N) is 1. The van der Waals surface area contributed by atoms with E-state index in [-0.39, 0.29) is 6.42 Å². The Kier molecular flexibility index (Phi) is 6.05. The molecule has 0 aliphatic heterocycles. The zero-order chi connectivity index (χ0) is 22.0. The molecule has 0 radical (unpaired) electrons. The molecular weight excluding hydrogens is 397 g/mol. The van der Waals surface area contributed by atoms with Crippen molar-refractivity contribution in [2.24, 2.45) is 0 Å². The average molecular weight is 416 g/mol. The van der Waals surface area contributed by atoms with Crippen LogP contribution in [-0.4, -0.2) is 23.0 Å². The Morgan fingerprint density at radius 3 is 2.50 bits per heavy atom. The molecule has 0 saturated carbocycles. The number of esters is 1. The zero-order valence-corrected chi connectivity index (χ0v) is 16.6. The lowest BCUT2D eigenvalue weighted by atomic mass is 9.99. The minimum Gasteiger partial charge on any atom is -0.452 e. The van der Waals surface area contributed by atoms with Crippen molar-refractivity contribution in [1.29, 1.82) is 0 Å². The third-order valence-corrected chi connectivity index (χ3v) is 4.78. The highest BCUT2D eigenvalue weighted by Gasteiger charge is 2.22. The maximum Gasteiger partial charge on any atom is 0.311 e. The van der Waals surface area contributed by atoms with Gasteiger partial charge in [0.2, 0.25) is 0 Å². The van der Waals surface area contributed by atoms with E-state index >= 15 is 0 Å². The lowest BCUT2D eigenvalue weighted by Crippen LogP contribution is -2.31. The number of amides is 1. The number of nitrogens with zero attached hydrogens (tertiary/aromatic N) is 1. The second kappa shape index (κ2) is 8.52. The topological polar surface area (TPSA) is 68.3 Å². The molecule has 0 saturated heterocycles. The Hall–Kier alpha value is -3.42. The van der Waals surface area contributed by atoms with Crippen LogP contribution in [0.3, 0.4) is 0 Å². The molecule has 1 heterocycles. The van der Waals surface area contributed by atoms with Crippen LogP contribution in [0.5, 0.6) is 0 Å². The van der Waals surface area contributed by atoms with Gasteiger partial charge >= 0.3 is 5.97 Å². The summed E-state index contributed by atoms with van der Waals surface area (Å²) in [4.78, 5) is 29.0. The van der Waals surface area contributed by atoms with E-state index in [2.05, 4.69) is 10.3 Å². The number of aryl methyl sites for hydroxylation is 2. The van der Waals surface area contributed by atoms with Crippen LogP contribution in [0, 0.1) is 31.3 Å². The predicted molar refractivity (Wildman–Crippen MR) is 105 cm³/mol. The fourth-order valence-electron chi connectivity index (χ4n) is 3.12. The highest BCUT2D eigenvalue weighted by atomic mass is 19.2. The number of carbonyl (C=O) groups excluding carboxylic acids is 2. The lowest BCUT2D eigenvalue weighted by molar-refractivity contribution is -0.152. The van der Waals surface area contributed by atoms with E-state index in [0.717, 1.165) is 22.5 Å². The molecule has 1 aromatic heterocycles. The molecule has 3 aromatic rings. The van der Waals surface area contributed by atoms with Gasteiger partial charge in [-0.1, -0.05) is 18.2 Å². The van der Waals surface area contributed by atoms with Crippen LogP contribution in [0.2, 0.25) is 0 Å². The van der Waals surface area contributed by atoms with Crippen LogP contribution >= 0.6 is 0 Å². The maximum atomic E-state index is 13.7. The molecule has 30 heavy (non-hydrogen) atoms. The van der Waals surface area contributed by atoms with Crippen molar-refractivity contribution >= 4 is 28.5 Å². The summed E-state index contributed by atoms with van der Waals surface area (Å²) in [6.07, 6.45) is -1.38. The van der Waals surface area contributed by atoms with Gasteiger partial charge in [0.15, 0.2) is 23.6 Å². The standard InChI is InChI=1S/C22H19F3N2O3/c1-11-14-6-4-5-7-17(14)26-12(2)15(11)10-19(28)30-13(3)22(29)27-18-9-8-16(23)20(24)21(18)25/h4-9,13H,10H2,1-3H3,(H,27,29). The van der Waals surface area contributed by atoms with E-state index < -0.39 is 41.1 Å². The molecule has 1 amide bonds. The van der Waals surface area contributed by atoms with Crippen LogP contribution in [0.25, 0.3) is 10.9 Å². The van der Waals surface area contributed by atoms with Crippen molar-refractivity contribution in [2.75, 3.05) is 5.32 Å². The molecule has 2 aromatic carbocycles. The summed E-state index contributed by atoms with van der Waals surface area (Å²) in [6, 6.07) is 9.09. The maximum absolute atomic E-state index is 13.7. The normalized spacial score (nSPS) is 11.9. The number of fused-ring (bicyclic) bond motifs is 1. The molecule has 0 fully saturated rings. The van der Waals surface area contributed by atoms with E-state index in [1.807, 2.05) is 31.2 Å². The Morgan fingerprint density at radius 2 is 1.77 bits per heavy atom. The molecule has 5 nitrogen and oxygen atoms in total. The first-order valence-corrected chi connectivity index (χ1v) is 9.17. The van der Waals surface area contributed by atoms with E-state index in [4.69, 9.17) is 4.74 Å². The number of hydrogen-bond acceptors (Lipinski definition) is 4. The summed E-state index contributed by atoms with van der Waals surface area (Å²) < 4.78 is 45.1. The van der Waals surface area contributed by atoms with Crippen LogP contribution in [0.1, 0.15) is 23.7 Å². The number of rotatable bonds is 5. The number of hydrogen-bond donors (Lipinski definition) is 1. The lowest BCUT2D eigenvalue weighted by Gasteiger charge is -2.16. The van der Waals surface area contributed by atoms with Gasteiger partial charge < -0.3 is 10.1 Å². The van der Waals surface area contributed by atoms with Crippen molar-refractivity contribution in [3.63, 3.8) is 0 Å². The zero-order valence-electron chi connectivity index (χ0n) is 16.6. The number of ether oxygens (including phenoxy) is 1. The Labute approximate surface area is 170 Å². The van der Waals surface area contributed by atoms with E-state index in [9.17, 15) is 22.8 Å². The van der Waals surface area contributed by atoms with Crippen LogP contribution in [0.4, 0.5) is 18.9 Å². The van der Waals surface area contributed by atoms with Gasteiger partial charge in [-0.3, -0.25) is 14.6 Å². The summed E-state index contributed by atoms with van der Waals surface area (Å²) in [5.74, 6) is -6.16. The van der Waals surface area contributed by atoms with E-state index in [1.165, 1.54) is 6.92 Å². The van der Waals surface area contributed by atoms with Crippen molar-refractivity contribution in [2.45, 2.75) is 33.3 Å². The molecule has 1 atom stereocenters. The van der Waals surface area contributed by atoms with E-state index in [0.29, 0.717) is 17.3 Å². The van der Waals surface area contributed by atoms with E-state index in [1.54, 1.807) is 6.92 Å². The number of pyridine rings is 1. The van der Waals surface area contributed by atoms with Gasteiger partial charge in [0.25, 0.3) is 5.91 Å². The molecule has 1 N–H and O–H groups in total. The summed E-state index contributed by atoms with van der Waals surface area (Å²) in [6.45, 7) is 4.95. The number of anilines is 1. The summed E-state index contributed by atoms with van der Waals surface area (Å²) in [7, 11) is 0. The first kappa shape index (κ1) is 21.3. The minimum absolute atomic E-state index is 0.105. The van der Waals surface area contributed by atoms with Crippen molar-refractivity contribution < 1.29 is 27.5 Å². The number of aromatic nitrogens is 1. The van der Waals surface area contributed by atoms with Gasteiger partial charge in [0, 0.05) is 11.1 Å². The summed E-state index contributed by atoms with van der Waals surface area (Å²) >= 11 is 0. The SMILES string of the molecule is Cc1nc2ccccc2c(C)c1CC(=O)OC(C)C(=O)Nc1ccc(F)c(F)c1F. The summed E-state index contributed by atoms with van der Waals surface area (Å²) in [5, 5.41) is 2.99. The predicted octanol–water partition coefficient (Wildman–Crippen LogP) is 4.38. The smallest absolute Gasteiger partial charge is 0.311 e. The minimum atomic E-state index is -1.70. The molecule has 156 valence electrons. The number of carbonyl (C=O) groups is 2. The largest absolute Gasteiger partial charge is 0.452 e. The molecular formula is C22H19F3N2O3. The van der Waals surface area contributed by atoms with Crippen LogP contribution < -0.4 is 5.32 Å².